The number of hydrogen-bond acceptors (Lipinski definition) is 6. The van der Waals surface area contributed by atoms with Crippen LogP contribution in [0.3, 0.4) is 0 Å². The van der Waals surface area contributed by atoms with E-state index < -0.39 is 5.97 Å². The van der Waals surface area contributed by atoms with Crippen molar-refractivity contribution in [2.24, 2.45) is 5.73 Å². The van der Waals surface area contributed by atoms with E-state index in [1.807, 2.05) is 0 Å². The third-order valence-corrected chi connectivity index (χ3v) is 3.38. The van der Waals surface area contributed by atoms with E-state index in [1.54, 1.807) is 9.80 Å². The molecule has 0 saturated carbocycles. The lowest BCUT2D eigenvalue weighted by molar-refractivity contribution is -0.135. The number of carboxylic acids is 1. The van der Waals surface area contributed by atoms with Gasteiger partial charge in [0.25, 0.3) is 0 Å². The van der Waals surface area contributed by atoms with E-state index in [2.05, 4.69) is 29.5 Å². The molecule has 0 aromatic carbocycles. The van der Waals surface area contributed by atoms with Crippen LogP contribution in [0.15, 0.2) is 25.3 Å². The molecule has 0 atom stereocenters. The Morgan fingerprint density at radius 3 is 1.32 bits per heavy atom. The van der Waals surface area contributed by atoms with Crippen LogP contribution in [0.2, 0.25) is 0 Å². The molecule has 2 amide bonds. The van der Waals surface area contributed by atoms with Gasteiger partial charge in [0.05, 0.1) is 6.54 Å². The first kappa shape index (κ1) is 22.8. The number of nitrogens with zero attached hydrogens (tertiary/aromatic N) is 2. The van der Waals surface area contributed by atoms with E-state index in [9.17, 15) is 14.4 Å². The molecule has 25 heavy (non-hydrogen) atoms. The Kier molecular flexibility index (Phi) is 12.9. The minimum atomic E-state index is -0.968. The Morgan fingerprint density at radius 2 is 1.16 bits per heavy atom. The van der Waals surface area contributed by atoms with Crippen LogP contribution in [0, 0.1) is 0 Å². The van der Waals surface area contributed by atoms with E-state index in [0.29, 0.717) is 26.2 Å². The molecule has 2 saturated heterocycles. The van der Waals surface area contributed by atoms with Crippen LogP contribution >= 0.6 is 0 Å². The lowest BCUT2D eigenvalue weighted by Crippen LogP contribution is -2.49. The van der Waals surface area contributed by atoms with Crippen molar-refractivity contribution in [1.82, 2.24) is 20.4 Å². The second-order valence-electron chi connectivity index (χ2n) is 5.16. The van der Waals surface area contributed by atoms with E-state index >= 15 is 0 Å². The van der Waals surface area contributed by atoms with Gasteiger partial charge in [0.2, 0.25) is 11.8 Å². The third-order valence-electron chi connectivity index (χ3n) is 3.38. The van der Waals surface area contributed by atoms with Gasteiger partial charge in [-0.2, -0.15) is 0 Å². The number of carboxylic acid groups (broad SMARTS) is 1. The summed E-state index contributed by atoms with van der Waals surface area (Å²) < 4.78 is 0. The molecule has 9 heteroatoms. The number of piperazine rings is 2. The van der Waals surface area contributed by atoms with Crippen LogP contribution in [0.1, 0.15) is 0 Å². The number of carbonyl (C=O) groups is 3. The lowest BCUT2D eigenvalue weighted by Gasteiger charge is -2.33. The SMILES string of the molecule is C1CNCCN1.C=CC(=O)N1CCN(C(=O)C=C)CC1.NCC(=O)O. The number of nitrogens with two attached hydrogens (primary N) is 1. The summed E-state index contributed by atoms with van der Waals surface area (Å²) in [6, 6.07) is 0. The van der Waals surface area contributed by atoms with Gasteiger partial charge in [0.15, 0.2) is 0 Å². The fourth-order valence-electron chi connectivity index (χ4n) is 2.01. The first-order chi connectivity index (χ1) is 12.0. The van der Waals surface area contributed by atoms with Gasteiger partial charge in [-0.05, 0) is 12.2 Å². The highest BCUT2D eigenvalue weighted by Gasteiger charge is 2.20. The zero-order chi connectivity index (χ0) is 19.1. The van der Waals surface area contributed by atoms with Crippen molar-refractivity contribution in [2.75, 3.05) is 58.9 Å². The van der Waals surface area contributed by atoms with Gasteiger partial charge in [-0.1, -0.05) is 13.2 Å². The molecule has 2 heterocycles. The fraction of sp³-hybridized carbons (Fsp3) is 0.562. The molecule has 2 aliphatic rings. The van der Waals surface area contributed by atoms with Crippen LogP contribution in [0.4, 0.5) is 0 Å². The summed E-state index contributed by atoms with van der Waals surface area (Å²) in [5.74, 6) is -1.11. The van der Waals surface area contributed by atoms with Gasteiger partial charge in [-0.3, -0.25) is 14.4 Å². The Morgan fingerprint density at radius 1 is 0.880 bits per heavy atom. The molecule has 0 radical (unpaired) electrons. The summed E-state index contributed by atoms with van der Waals surface area (Å²) in [5, 5.41) is 14.0. The van der Waals surface area contributed by atoms with Crippen molar-refractivity contribution in [2.45, 2.75) is 0 Å². The van der Waals surface area contributed by atoms with Crippen LogP contribution in [0.5, 0.6) is 0 Å². The van der Waals surface area contributed by atoms with E-state index in [4.69, 9.17) is 5.11 Å². The van der Waals surface area contributed by atoms with Crippen molar-refractivity contribution in [3.8, 4) is 0 Å². The number of carbonyl (C=O) groups excluding carboxylic acids is 2. The molecular formula is C16H29N5O4. The number of aliphatic carboxylic acids is 1. The molecule has 9 nitrogen and oxygen atoms in total. The number of nitrogens with one attached hydrogen (secondary N) is 2. The highest BCUT2D eigenvalue weighted by molar-refractivity contribution is 5.88. The van der Waals surface area contributed by atoms with E-state index in [-0.39, 0.29) is 18.4 Å². The normalized spacial score (nSPS) is 16.4. The van der Waals surface area contributed by atoms with Crippen LogP contribution < -0.4 is 16.4 Å². The molecular weight excluding hydrogens is 326 g/mol. The molecule has 2 rings (SSSR count). The Labute approximate surface area is 148 Å². The van der Waals surface area contributed by atoms with Crippen LogP contribution in [0.25, 0.3) is 0 Å². The van der Waals surface area contributed by atoms with Crippen molar-refractivity contribution >= 4 is 17.8 Å². The molecule has 0 spiro atoms. The number of hydrogen-bond donors (Lipinski definition) is 4. The van der Waals surface area contributed by atoms with Crippen LogP contribution in [-0.4, -0.2) is 91.6 Å². The zero-order valence-electron chi connectivity index (χ0n) is 14.6. The van der Waals surface area contributed by atoms with Crippen molar-refractivity contribution < 1.29 is 19.5 Å². The van der Waals surface area contributed by atoms with Gasteiger partial charge in [-0.25, -0.2) is 0 Å². The summed E-state index contributed by atoms with van der Waals surface area (Å²) in [5.41, 5.74) is 4.57. The van der Waals surface area contributed by atoms with E-state index in [1.165, 1.54) is 12.2 Å². The molecule has 0 unspecified atom stereocenters. The molecule has 142 valence electrons. The molecule has 0 bridgehead atoms. The van der Waals surface area contributed by atoms with Crippen molar-refractivity contribution in [1.29, 1.82) is 0 Å². The zero-order valence-corrected chi connectivity index (χ0v) is 14.6. The third kappa shape index (κ3) is 11.0. The largest absolute Gasteiger partial charge is 0.480 e. The first-order valence-corrected chi connectivity index (χ1v) is 8.12. The number of rotatable bonds is 3. The minimum absolute atomic E-state index is 0.0734. The monoisotopic (exact) mass is 355 g/mol. The topological polar surface area (TPSA) is 128 Å². The maximum atomic E-state index is 11.2. The molecule has 5 N–H and O–H groups in total. The summed E-state index contributed by atoms with van der Waals surface area (Å²) in [6.45, 7) is 13.4. The standard InChI is InChI=1S/C10H14N2O2.C4H10N2.C2H5NO2/c1-3-9(13)11-5-7-12(8-6-11)10(14)4-2;1-2-6-4-3-5-1;3-1-2(4)5/h3-4H,1-2,5-8H2;5-6H,1-4H2;1,3H2,(H,4,5). The maximum absolute atomic E-state index is 11.2. The van der Waals surface area contributed by atoms with Crippen molar-refractivity contribution in [3.05, 3.63) is 25.3 Å². The molecule has 0 aromatic heterocycles. The molecule has 2 fully saturated rings. The highest BCUT2D eigenvalue weighted by atomic mass is 16.4. The second kappa shape index (κ2) is 14.1. The average molecular weight is 355 g/mol. The summed E-state index contributed by atoms with van der Waals surface area (Å²) >= 11 is 0. The Balaban J connectivity index is 0.000000429. The van der Waals surface area contributed by atoms with Gasteiger partial charge >= 0.3 is 5.97 Å². The van der Waals surface area contributed by atoms with Crippen LogP contribution in [-0.2, 0) is 14.4 Å². The van der Waals surface area contributed by atoms with Crippen molar-refractivity contribution in [3.63, 3.8) is 0 Å². The average Bonchev–Trinajstić information content (AvgIpc) is 2.69. The highest BCUT2D eigenvalue weighted by Crippen LogP contribution is 2.02. The van der Waals surface area contributed by atoms with Gasteiger partial charge in [0, 0.05) is 52.4 Å². The maximum Gasteiger partial charge on any atom is 0.317 e. The molecule has 0 aromatic rings. The Hall–Kier alpha value is -2.23. The smallest absolute Gasteiger partial charge is 0.317 e. The predicted octanol–water partition coefficient (Wildman–Crippen LogP) is -1.76. The van der Waals surface area contributed by atoms with E-state index in [0.717, 1.165) is 26.2 Å². The second-order valence-corrected chi connectivity index (χ2v) is 5.16. The van der Waals surface area contributed by atoms with Gasteiger partial charge in [0.1, 0.15) is 0 Å². The van der Waals surface area contributed by atoms with Gasteiger partial charge in [-0.15, -0.1) is 0 Å². The lowest BCUT2D eigenvalue weighted by atomic mass is 10.3. The summed E-state index contributed by atoms with van der Waals surface area (Å²) in [7, 11) is 0. The quantitative estimate of drug-likeness (QED) is 0.442. The van der Waals surface area contributed by atoms with Gasteiger partial charge < -0.3 is 31.3 Å². The fourth-order valence-corrected chi connectivity index (χ4v) is 2.01. The Bertz CT molecular complexity index is 404. The molecule has 0 aliphatic carbocycles. The minimum Gasteiger partial charge on any atom is -0.480 e. The number of amides is 2. The summed E-state index contributed by atoms with van der Waals surface area (Å²) in [6.07, 6.45) is 2.59. The molecule has 2 aliphatic heterocycles. The summed E-state index contributed by atoms with van der Waals surface area (Å²) in [4.78, 5) is 35.0. The predicted molar refractivity (Wildman–Crippen MR) is 96.0 cm³/mol. The first-order valence-electron chi connectivity index (χ1n) is 8.12.